The van der Waals surface area contributed by atoms with Crippen LogP contribution in [0.3, 0.4) is 0 Å². The minimum atomic E-state index is -0.482. The van der Waals surface area contributed by atoms with Crippen LogP contribution in [0.1, 0.15) is 38.5 Å². The average Bonchev–Trinajstić information content (AvgIpc) is 2.55. The molecule has 0 aromatic heterocycles. The smallest absolute Gasteiger partial charge is 0.225 e. The third-order valence-corrected chi connectivity index (χ3v) is 5.31. The first-order valence-electron chi connectivity index (χ1n) is 8.56. The summed E-state index contributed by atoms with van der Waals surface area (Å²) in [6.45, 7) is 2.36. The lowest BCUT2D eigenvalue weighted by Crippen LogP contribution is -2.53. The summed E-state index contributed by atoms with van der Waals surface area (Å²) < 4.78 is 13.5. The number of nitrogens with zero attached hydrogens (tertiary/aromatic N) is 1. The van der Waals surface area contributed by atoms with Crippen LogP contribution in [-0.2, 0) is 4.79 Å². The number of hydrogen-bond acceptors (Lipinski definition) is 3. The number of anilines is 1. The van der Waals surface area contributed by atoms with Crippen LogP contribution in [0, 0.1) is 11.7 Å². The molecule has 23 heavy (non-hydrogen) atoms. The van der Waals surface area contributed by atoms with Gasteiger partial charge in [-0.05, 0) is 31.4 Å². The van der Waals surface area contributed by atoms with Crippen molar-refractivity contribution in [3.63, 3.8) is 0 Å². The fraction of sp³-hybridized carbons (Fsp3) is 0.611. The Morgan fingerprint density at radius 1 is 1.35 bits per heavy atom. The van der Waals surface area contributed by atoms with Crippen LogP contribution in [0.2, 0.25) is 0 Å². The maximum Gasteiger partial charge on any atom is 0.225 e. The fourth-order valence-electron chi connectivity index (χ4n) is 3.88. The molecule has 2 aliphatic rings. The van der Waals surface area contributed by atoms with Crippen LogP contribution in [0.15, 0.2) is 24.3 Å². The van der Waals surface area contributed by atoms with E-state index in [1.165, 1.54) is 12.5 Å². The van der Waals surface area contributed by atoms with Gasteiger partial charge in [-0.1, -0.05) is 25.0 Å². The molecule has 1 saturated carbocycles. The number of piperidine rings is 1. The van der Waals surface area contributed by atoms with Crippen LogP contribution in [-0.4, -0.2) is 41.1 Å². The van der Waals surface area contributed by atoms with Crippen molar-refractivity contribution in [2.24, 2.45) is 5.92 Å². The zero-order valence-corrected chi connectivity index (χ0v) is 13.4. The molecule has 2 atom stereocenters. The quantitative estimate of drug-likeness (QED) is 0.897. The number of likely N-dealkylation sites (tertiary alicyclic amines) is 1. The van der Waals surface area contributed by atoms with Crippen LogP contribution in [0.25, 0.3) is 0 Å². The van der Waals surface area contributed by atoms with Gasteiger partial charge in [0, 0.05) is 32.0 Å². The molecule has 1 heterocycles. The minimum absolute atomic E-state index is 0.167. The van der Waals surface area contributed by atoms with Crippen LogP contribution >= 0.6 is 0 Å². The fourth-order valence-corrected chi connectivity index (χ4v) is 3.88. The van der Waals surface area contributed by atoms with Crippen molar-refractivity contribution >= 4 is 11.6 Å². The number of carbonyl (C=O) groups is 1. The van der Waals surface area contributed by atoms with E-state index < -0.39 is 11.4 Å². The van der Waals surface area contributed by atoms with Gasteiger partial charge in [0.15, 0.2) is 0 Å². The van der Waals surface area contributed by atoms with E-state index in [1.54, 1.807) is 18.2 Å². The summed E-state index contributed by atoms with van der Waals surface area (Å²) in [4.78, 5) is 14.3. The normalized spacial score (nSPS) is 28.2. The highest BCUT2D eigenvalue weighted by molar-refractivity contribution is 5.90. The molecule has 2 fully saturated rings. The molecule has 0 bridgehead atoms. The summed E-state index contributed by atoms with van der Waals surface area (Å²) in [7, 11) is 0. The van der Waals surface area contributed by atoms with E-state index in [0.717, 1.165) is 38.8 Å². The Morgan fingerprint density at radius 2 is 2.17 bits per heavy atom. The number of benzene rings is 1. The number of rotatable bonds is 4. The van der Waals surface area contributed by atoms with E-state index in [2.05, 4.69) is 10.2 Å². The van der Waals surface area contributed by atoms with Crippen molar-refractivity contribution in [2.75, 3.05) is 25.0 Å². The maximum atomic E-state index is 13.5. The number of fused-ring (bicyclic) bond motifs is 1. The van der Waals surface area contributed by atoms with Gasteiger partial charge in [-0.25, -0.2) is 4.39 Å². The monoisotopic (exact) mass is 320 g/mol. The van der Waals surface area contributed by atoms with Gasteiger partial charge in [-0.15, -0.1) is 0 Å². The standard InChI is InChI=1S/C18H25FN2O2/c19-15-6-1-2-7-16(15)20-17(22)8-11-21-12-10-18(23)9-4-3-5-14(18)13-21/h1-2,6-7,14,23H,3-5,8-13H2,(H,20,22). The summed E-state index contributed by atoms with van der Waals surface area (Å²) in [6, 6.07) is 6.21. The number of amides is 1. The molecule has 3 rings (SSSR count). The number of carbonyl (C=O) groups excluding carboxylic acids is 1. The van der Waals surface area contributed by atoms with Gasteiger partial charge in [0.25, 0.3) is 0 Å². The first-order valence-corrected chi connectivity index (χ1v) is 8.56. The molecule has 5 heteroatoms. The van der Waals surface area contributed by atoms with E-state index in [0.29, 0.717) is 18.9 Å². The van der Waals surface area contributed by atoms with E-state index >= 15 is 0 Å². The van der Waals surface area contributed by atoms with Crippen molar-refractivity contribution in [1.82, 2.24) is 4.90 Å². The Kier molecular flexibility index (Phi) is 4.97. The molecule has 1 aromatic carbocycles. The van der Waals surface area contributed by atoms with Gasteiger partial charge in [-0.2, -0.15) is 0 Å². The first kappa shape index (κ1) is 16.4. The number of nitrogens with one attached hydrogen (secondary N) is 1. The second-order valence-electron chi connectivity index (χ2n) is 6.87. The van der Waals surface area contributed by atoms with Crippen molar-refractivity contribution in [3.8, 4) is 0 Å². The number of hydrogen-bond donors (Lipinski definition) is 2. The van der Waals surface area contributed by atoms with Crippen LogP contribution in [0.5, 0.6) is 0 Å². The van der Waals surface area contributed by atoms with Gasteiger partial charge in [-0.3, -0.25) is 4.79 Å². The summed E-state index contributed by atoms with van der Waals surface area (Å²) in [5.74, 6) is -0.245. The molecule has 2 N–H and O–H groups in total. The molecule has 4 nitrogen and oxygen atoms in total. The molecule has 0 spiro atoms. The molecular weight excluding hydrogens is 295 g/mol. The van der Waals surface area contributed by atoms with E-state index in [4.69, 9.17) is 0 Å². The zero-order chi connectivity index (χ0) is 16.3. The van der Waals surface area contributed by atoms with Gasteiger partial charge in [0.1, 0.15) is 5.82 Å². The third kappa shape index (κ3) is 3.90. The van der Waals surface area contributed by atoms with Gasteiger partial charge >= 0.3 is 0 Å². The molecule has 1 aromatic rings. The SMILES string of the molecule is O=C(CCN1CCC2(O)CCCCC2C1)Nc1ccccc1F. The van der Waals surface area contributed by atoms with Crippen molar-refractivity contribution in [3.05, 3.63) is 30.1 Å². The van der Waals surface area contributed by atoms with Gasteiger partial charge < -0.3 is 15.3 Å². The molecule has 1 aliphatic carbocycles. The molecular formula is C18H25FN2O2. The van der Waals surface area contributed by atoms with Crippen molar-refractivity contribution < 1.29 is 14.3 Å². The lowest BCUT2D eigenvalue weighted by atomic mass is 9.71. The maximum absolute atomic E-state index is 13.5. The number of halogens is 1. The first-order chi connectivity index (χ1) is 11.1. The minimum Gasteiger partial charge on any atom is -0.390 e. The largest absolute Gasteiger partial charge is 0.390 e. The second-order valence-corrected chi connectivity index (χ2v) is 6.87. The topological polar surface area (TPSA) is 52.6 Å². The number of aliphatic hydroxyl groups is 1. The predicted octanol–water partition coefficient (Wildman–Crippen LogP) is 2.78. The summed E-state index contributed by atoms with van der Waals surface area (Å²) in [5.41, 5.74) is -0.248. The Morgan fingerprint density at radius 3 is 3.00 bits per heavy atom. The Balaban J connectivity index is 1.47. The molecule has 1 amide bonds. The highest BCUT2D eigenvalue weighted by atomic mass is 19.1. The van der Waals surface area contributed by atoms with E-state index in [1.807, 2.05) is 0 Å². The molecule has 1 aliphatic heterocycles. The molecule has 0 radical (unpaired) electrons. The zero-order valence-electron chi connectivity index (χ0n) is 13.4. The highest BCUT2D eigenvalue weighted by Gasteiger charge is 2.42. The lowest BCUT2D eigenvalue weighted by Gasteiger charge is -2.47. The summed E-state index contributed by atoms with van der Waals surface area (Å²) in [5, 5.41) is 13.3. The van der Waals surface area contributed by atoms with E-state index in [-0.39, 0.29) is 11.6 Å². The average molecular weight is 320 g/mol. The number of para-hydroxylation sites is 1. The Hall–Kier alpha value is -1.46. The van der Waals surface area contributed by atoms with Crippen LogP contribution in [0.4, 0.5) is 10.1 Å². The van der Waals surface area contributed by atoms with Gasteiger partial charge in [0.2, 0.25) is 5.91 Å². The lowest BCUT2D eigenvalue weighted by molar-refractivity contribution is -0.117. The molecule has 126 valence electrons. The highest BCUT2D eigenvalue weighted by Crippen LogP contribution is 2.39. The molecule has 1 saturated heterocycles. The second kappa shape index (κ2) is 6.97. The summed E-state index contributed by atoms with van der Waals surface area (Å²) >= 11 is 0. The Labute approximate surface area is 136 Å². The summed E-state index contributed by atoms with van der Waals surface area (Å²) in [6.07, 6.45) is 5.45. The van der Waals surface area contributed by atoms with Crippen LogP contribution < -0.4 is 5.32 Å². The third-order valence-electron chi connectivity index (χ3n) is 5.31. The van der Waals surface area contributed by atoms with Crippen molar-refractivity contribution in [2.45, 2.75) is 44.1 Å². The van der Waals surface area contributed by atoms with E-state index in [9.17, 15) is 14.3 Å². The van der Waals surface area contributed by atoms with Gasteiger partial charge in [0.05, 0.1) is 11.3 Å². The predicted molar refractivity (Wildman–Crippen MR) is 87.6 cm³/mol. The Bertz CT molecular complexity index is 566. The van der Waals surface area contributed by atoms with Crippen molar-refractivity contribution in [1.29, 1.82) is 0 Å². The molecule has 2 unspecified atom stereocenters.